The van der Waals surface area contributed by atoms with Crippen LogP contribution in [0.1, 0.15) is 60.5 Å². The van der Waals surface area contributed by atoms with Gasteiger partial charge < -0.3 is 14.5 Å². The molecule has 0 aromatic heterocycles. The molecule has 4 nitrogen and oxygen atoms in total. The summed E-state index contributed by atoms with van der Waals surface area (Å²) >= 11 is 0. The number of piperidine rings is 1. The highest BCUT2D eigenvalue weighted by molar-refractivity contribution is 5.94. The van der Waals surface area contributed by atoms with E-state index in [1.165, 1.54) is 37.9 Å². The van der Waals surface area contributed by atoms with Crippen LogP contribution in [0.2, 0.25) is 0 Å². The molecule has 2 aromatic rings. The van der Waals surface area contributed by atoms with Crippen LogP contribution in [0.15, 0.2) is 54.6 Å². The molecule has 0 bridgehead atoms. The van der Waals surface area contributed by atoms with Crippen molar-refractivity contribution >= 4 is 18.3 Å². The molecule has 2 saturated heterocycles. The molecule has 0 saturated carbocycles. The number of benzene rings is 2. The largest absolute Gasteiger partial charge is 0.494 e. The lowest BCUT2D eigenvalue weighted by Gasteiger charge is -2.26. The second-order valence-corrected chi connectivity index (χ2v) is 8.20. The second kappa shape index (κ2) is 11.4. The third-order valence-electron chi connectivity index (χ3n) is 6.14. The van der Waals surface area contributed by atoms with Crippen molar-refractivity contribution in [1.82, 2.24) is 9.80 Å². The van der Waals surface area contributed by atoms with Crippen molar-refractivity contribution in [3.8, 4) is 5.75 Å². The molecule has 30 heavy (non-hydrogen) atoms. The van der Waals surface area contributed by atoms with Gasteiger partial charge in [0.1, 0.15) is 5.75 Å². The second-order valence-electron chi connectivity index (χ2n) is 8.20. The van der Waals surface area contributed by atoms with Gasteiger partial charge in [0, 0.05) is 18.7 Å². The zero-order chi connectivity index (χ0) is 19.9. The maximum absolute atomic E-state index is 13.1. The van der Waals surface area contributed by atoms with E-state index in [4.69, 9.17) is 4.74 Å². The van der Waals surface area contributed by atoms with Gasteiger partial charge in [0.15, 0.2) is 0 Å². The van der Waals surface area contributed by atoms with E-state index in [2.05, 4.69) is 17.0 Å². The summed E-state index contributed by atoms with van der Waals surface area (Å²) in [6, 6.07) is 18.2. The van der Waals surface area contributed by atoms with E-state index in [9.17, 15) is 4.79 Å². The normalized spacial score (nSPS) is 19.3. The van der Waals surface area contributed by atoms with Crippen LogP contribution in [-0.2, 0) is 0 Å². The summed E-state index contributed by atoms with van der Waals surface area (Å²) in [6.07, 6.45) is 7.18. The number of amides is 1. The summed E-state index contributed by atoms with van der Waals surface area (Å²) in [5.41, 5.74) is 1.97. The fourth-order valence-corrected chi connectivity index (χ4v) is 4.55. The molecule has 0 radical (unpaired) electrons. The zero-order valence-electron chi connectivity index (χ0n) is 17.7. The van der Waals surface area contributed by atoms with Crippen LogP contribution in [0.3, 0.4) is 0 Å². The van der Waals surface area contributed by atoms with Crippen LogP contribution in [0.5, 0.6) is 5.75 Å². The first-order chi connectivity index (χ1) is 14.3. The highest BCUT2D eigenvalue weighted by Gasteiger charge is 2.30. The smallest absolute Gasteiger partial charge is 0.254 e. The summed E-state index contributed by atoms with van der Waals surface area (Å²) in [5.74, 6) is 0.967. The summed E-state index contributed by atoms with van der Waals surface area (Å²) in [6.45, 7) is 5.14. The average Bonchev–Trinajstić information content (AvgIpc) is 3.28. The molecule has 0 aliphatic carbocycles. The van der Waals surface area contributed by atoms with Gasteiger partial charge in [-0.3, -0.25) is 4.79 Å². The maximum atomic E-state index is 13.1. The summed E-state index contributed by atoms with van der Waals surface area (Å²) in [5, 5.41) is 0. The summed E-state index contributed by atoms with van der Waals surface area (Å²) < 4.78 is 5.90. The van der Waals surface area contributed by atoms with Crippen LogP contribution in [0, 0.1) is 0 Å². The van der Waals surface area contributed by atoms with E-state index in [1.807, 2.05) is 47.4 Å². The van der Waals surface area contributed by atoms with Crippen LogP contribution < -0.4 is 4.74 Å². The Morgan fingerprint density at radius 2 is 1.63 bits per heavy atom. The number of halogens is 1. The molecule has 0 N–H and O–H groups in total. The minimum atomic E-state index is 0. The minimum Gasteiger partial charge on any atom is -0.494 e. The first kappa shape index (κ1) is 22.6. The third kappa shape index (κ3) is 5.77. The predicted octanol–water partition coefficient (Wildman–Crippen LogP) is 5.34. The molecule has 2 aliphatic rings. The van der Waals surface area contributed by atoms with Gasteiger partial charge >= 0.3 is 0 Å². The summed E-state index contributed by atoms with van der Waals surface area (Å²) in [4.78, 5) is 17.6. The highest BCUT2D eigenvalue weighted by atomic mass is 35.5. The van der Waals surface area contributed by atoms with Gasteiger partial charge in [-0.15, -0.1) is 12.4 Å². The number of hydrogen-bond acceptors (Lipinski definition) is 3. The van der Waals surface area contributed by atoms with Gasteiger partial charge in [0.05, 0.1) is 12.6 Å². The topological polar surface area (TPSA) is 32.8 Å². The van der Waals surface area contributed by atoms with Crippen molar-refractivity contribution in [3.05, 3.63) is 65.7 Å². The molecule has 2 heterocycles. The molecule has 2 aliphatic heterocycles. The number of rotatable bonds is 7. The van der Waals surface area contributed by atoms with Gasteiger partial charge in [0.2, 0.25) is 0 Å². The molecular weight excluding hydrogens is 396 g/mol. The molecule has 0 spiro atoms. The Kier molecular flexibility index (Phi) is 8.59. The fourth-order valence-electron chi connectivity index (χ4n) is 4.55. The SMILES string of the molecule is Cl.O=C(c1ccc(OCCCN2CCCCC2)cc1)N1CCCC1c1ccccc1. The molecular formula is C25H33ClN2O2. The van der Waals surface area contributed by atoms with Crippen LogP contribution in [0.4, 0.5) is 0 Å². The number of hydrogen-bond donors (Lipinski definition) is 0. The zero-order valence-corrected chi connectivity index (χ0v) is 18.5. The lowest BCUT2D eigenvalue weighted by molar-refractivity contribution is 0.0735. The molecule has 4 rings (SSSR count). The van der Waals surface area contributed by atoms with Gasteiger partial charge in [-0.05, 0) is 75.0 Å². The lowest BCUT2D eigenvalue weighted by atomic mass is 10.0. The highest BCUT2D eigenvalue weighted by Crippen LogP contribution is 2.33. The van der Waals surface area contributed by atoms with E-state index in [0.29, 0.717) is 0 Å². The van der Waals surface area contributed by atoms with E-state index < -0.39 is 0 Å². The average molecular weight is 429 g/mol. The van der Waals surface area contributed by atoms with Crippen LogP contribution >= 0.6 is 12.4 Å². The van der Waals surface area contributed by atoms with Gasteiger partial charge in [-0.25, -0.2) is 0 Å². The Labute approximate surface area is 186 Å². The van der Waals surface area contributed by atoms with Crippen molar-refractivity contribution in [2.24, 2.45) is 0 Å². The Balaban J connectivity index is 0.00000256. The van der Waals surface area contributed by atoms with E-state index in [-0.39, 0.29) is 24.4 Å². The van der Waals surface area contributed by atoms with Gasteiger partial charge in [0.25, 0.3) is 5.91 Å². The first-order valence-electron chi connectivity index (χ1n) is 11.1. The molecule has 1 unspecified atom stereocenters. The molecule has 1 atom stereocenters. The van der Waals surface area contributed by atoms with Crippen molar-refractivity contribution in [2.45, 2.75) is 44.6 Å². The molecule has 2 aromatic carbocycles. The Hall–Kier alpha value is -2.04. The van der Waals surface area contributed by atoms with Crippen molar-refractivity contribution in [2.75, 3.05) is 32.8 Å². The number of nitrogens with zero attached hydrogens (tertiary/aromatic N) is 2. The first-order valence-corrected chi connectivity index (χ1v) is 11.1. The third-order valence-corrected chi connectivity index (χ3v) is 6.14. The quantitative estimate of drug-likeness (QED) is 0.558. The van der Waals surface area contributed by atoms with Crippen molar-refractivity contribution < 1.29 is 9.53 Å². The number of likely N-dealkylation sites (tertiary alicyclic amines) is 2. The summed E-state index contributed by atoms with van der Waals surface area (Å²) in [7, 11) is 0. The predicted molar refractivity (Wildman–Crippen MR) is 124 cm³/mol. The molecule has 162 valence electrons. The van der Waals surface area contributed by atoms with E-state index >= 15 is 0 Å². The number of carbonyl (C=O) groups is 1. The van der Waals surface area contributed by atoms with Crippen molar-refractivity contribution in [3.63, 3.8) is 0 Å². The van der Waals surface area contributed by atoms with Crippen LogP contribution in [-0.4, -0.2) is 48.5 Å². The minimum absolute atomic E-state index is 0. The fraction of sp³-hybridized carbons (Fsp3) is 0.480. The Morgan fingerprint density at radius 1 is 0.900 bits per heavy atom. The molecule has 2 fully saturated rings. The van der Waals surface area contributed by atoms with E-state index in [1.54, 1.807) is 0 Å². The Bertz CT molecular complexity index is 775. The van der Waals surface area contributed by atoms with Gasteiger partial charge in [-0.2, -0.15) is 0 Å². The molecule has 5 heteroatoms. The lowest BCUT2D eigenvalue weighted by Crippen LogP contribution is -2.31. The van der Waals surface area contributed by atoms with Gasteiger partial charge in [-0.1, -0.05) is 36.8 Å². The maximum Gasteiger partial charge on any atom is 0.254 e. The van der Waals surface area contributed by atoms with E-state index in [0.717, 1.165) is 50.3 Å². The monoisotopic (exact) mass is 428 g/mol. The standard InChI is InChI=1S/C25H32N2O2.ClH/c28-25(27-19-7-11-24(27)21-9-3-1-4-10-21)22-12-14-23(15-13-22)29-20-8-18-26-16-5-2-6-17-26;/h1,3-4,9-10,12-15,24H,2,5-8,11,16-20H2;1H. The number of ether oxygens (including phenoxy) is 1. The Morgan fingerprint density at radius 3 is 2.37 bits per heavy atom. The van der Waals surface area contributed by atoms with Crippen LogP contribution in [0.25, 0.3) is 0 Å². The van der Waals surface area contributed by atoms with Crippen molar-refractivity contribution in [1.29, 1.82) is 0 Å². The molecule has 1 amide bonds. The number of carbonyl (C=O) groups excluding carboxylic acids is 1.